The molecule has 10 aromatic rings. The summed E-state index contributed by atoms with van der Waals surface area (Å²) in [5.74, 6) is -0.115. The van der Waals surface area contributed by atoms with Gasteiger partial charge in [-0.05, 0) is 188 Å². The van der Waals surface area contributed by atoms with Gasteiger partial charge in [0.2, 0.25) is 0 Å². The molecule has 0 radical (unpaired) electrons. The zero-order valence-electron chi connectivity index (χ0n) is 52.5. The molecule has 0 aliphatic carbocycles. The third-order valence-electron chi connectivity index (χ3n) is 17.8. The lowest BCUT2D eigenvalue weighted by Crippen LogP contribution is -2.31. The predicted octanol–water partition coefficient (Wildman–Crippen LogP) is 15.4. The molecule has 0 N–H and O–H groups in total. The van der Waals surface area contributed by atoms with Crippen LogP contribution in [0.1, 0.15) is 144 Å². The van der Waals surface area contributed by atoms with Crippen LogP contribution >= 0.6 is 0 Å². The minimum atomic E-state index is -0.526. The van der Waals surface area contributed by atoms with Crippen LogP contribution in [0.4, 0.5) is 22.7 Å². The van der Waals surface area contributed by atoms with Gasteiger partial charge in [-0.15, -0.1) is 0 Å². The van der Waals surface area contributed by atoms with Crippen LogP contribution in [0.15, 0.2) is 218 Å². The van der Waals surface area contributed by atoms with E-state index in [2.05, 4.69) is 52.0 Å². The smallest absolute Gasteiger partial charge is 0.266 e. The summed E-state index contributed by atoms with van der Waals surface area (Å²) in [6.45, 7) is 12.3. The Labute approximate surface area is 541 Å². The molecule has 4 aliphatic rings. The highest BCUT2D eigenvalue weighted by Crippen LogP contribution is 2.41. The fraction of sp³-hybridized carbons (Fsp3) is 0.128. The summed E-state index contributed by atoms with van der Waals surface area (Å²) >= 11 is 0. The van der Waals surface area contributed by atoms with E-state index in [-0.39, 0.29) is 44.5 Å². The van der Waals surface area contributed by atoms with Crippen LogP contribution in [0.2, 0.25) is 0 Å². The van der Waals surface area contributed by atoms with Crippen molar-refractivity contribution in [2.24, 2.45) is 0 Å². The van der Waals surface area contributed by atoms with Crippen LogP contribution < -0.4 is 38.5 Å². The van der Waals surface area contributed by atoms with Gasteiger partial charge in [-0.25, -0.2) is 19.6 Å². The molecular formula is C78H60N4O12. The number of rotatable bonds is 14. The number of carbonyl (C=O) groups is 8. The third kappa shape index (κ3) is 10.7. The van der Waals surface area contributed by atoms with Crippen molar-refractivity contribution in [1.29, 1.82) is 0 Å². The topological polar surface area (TPSA) is 186 Å². The average Bonchev–Trinajstić information content (AvgIpc) is 1.61. The Balaban J connectivity index is 0.000000171. The molecule has 16 nitrogen and oxygen atoms in total. The molecule has 14 rings (SSSR count). The highest BCUT2D eigenvalue weighted by atomic mass is 16.5. The minimum Gasteiger partial charge on any atom is -0.497 e. The fourth-order valence-corrected chi connectivity index (χ4v) is 12.2. The van der Waals surface area contributed by atoms with Gasteiger partial charge in [0.25, 0.3) is 47.3 Å². The first kappa shape index (κ1) is 60.8. The Hall–Kier alpha value is -12.0. The van der Waals surface area contributed by atoms with Crippen molar-refractivity contribution in [3.05, 3.63) is 296 Å². The lowest BCUT2D eigenvalue weighted by molar-refractivity contribution is 0.0909. The highest BCUT2D eigenvalue weighted by Gasteiger charge is 2.42. The van der Waals surface area contributed by atoms with E-state index in [4.69, 9.17) is 18.9 Å². The summed E-state index contributed by atoms with van der Waals surface area (Å²) in [6.07, 6.45) is 0. The number of nitrogens with zero attached hydrogens (tertiary/aromatic N) is 4. The second-order valence-corrected chi connectivity index (χ2v) is 24.3. The first-order chi connectivity index (χ1) is 45.1. The molecule has 0 atom stereocenters. The fourth-order valence-electron chi connectivity index (χ4n) is 12.2. The molecule has 0 bridgehead atoms. The standard InChI is InChI=1S/2C39H30N2O6/c1-23-5-19-31-33(21-23)37(44)40(35(31)42)26-10-12-27(13-11-26)41-36(43)32-20-18-30(22-34(32)38(41)45)47-29-16-8-25(9-17-29)39(2,3)24-6-14-28(46-4)15-7-24;1-23-8-18-31-33(20-23)37(44)40(35(31)42)26-6-5-7-27(21-26)41-36(43)32-19-17-30(22-34(32)38(41)45)47-29-15-11-25(12-16-29)39(2,3)24-9-13-28(46-4)14-10-24/h2*5-22H,1-4H3. The highest BCUT2D eigenvalue weighted by molar-refractivity contribution is 6.37. The van der Waals surface area contributed by atoms with Gasteiger partial charge in [-0.3, -0.25) is 38.4 Å². The molecule has 94 heavy (non-hydrogen) atoms. The van der Waals surface area contributed by atoms with Crippen LogP contribution in [0.3, 0.4) is 0 Å². The number of hydrogen-bond donors (Lipinski definition) is 0. The van der Waals surface area contributed by atoms with Gasteiger partial charge in [-0.1, -0.05) is 106 Å². The second kappa shape index (κ2) is 23.6. The van der Waals surface area contributed by atoms with E-state index in [0.717, 1.165) is 64.5 Å². The molecule has 464 valence electrons. The molecule has 0 fully saturated rings. The van der Waals surface area contributed by atoms with E-state index in [0.29, 0.717) is 56.6 Å². The van der Waals surface area contributed by atoms with E-state index < -0.39 is 47.3 Å². The van der Waals surface area contributed by atoms with E-state index in [9.17, 15) is 38.4 Å². The maximum atomic E-state index is 13.6. The largest absolute Gasteiger partial charge is 0.497 e. The van der Waals surface area contributed by atoms with Crippen molar-refractivity contribution >= 4 is 70.0 Å². The maximum Gasteiger partial charge on any atom is 0.266 e. The van der Waals surface area contributed by atoms with Crippen LogP contribution in [0.5, 0.6) is 34.5 Å². The summed E-state index contributed by atoms with van der Waals surface area (Å²) in [4.78, 5) is 111. The minimum absolute atomic E-state index is 0.200. The van der Waals surface area contributed by atoms with Crippen molar-refractivity contribution in [2.45, 2.75) is 52.4 Å². The summed E-state index contributed by atoms with van der Waals surface area (Å²) in [6, 6.07) is 63.9. The SMILES string of the molecule is COc1ccc(C(C)(C)c2ccc(Oc3ccc4c(c3)C(=O)N(c3ccc(N5C(=O)c6ccc(C)cc6C5=O)cc3)C4=O)cc2)cc1.COc1ccc(C(C)(C)c2ccc(Oc3ccc4c(c3)C(=O)N(c3cccc(N5C(=O)c6ccc(C)cc6C5=O)c3)C4=O)cc2)cc1. The number of anilines is 4. The number of ether oxygens (including phenoxy) is 4. The van der Waals surface area contributed by atoms with Gasteiger partial charge in [0, 0.05) is 10.8 Å². The van der Waals surface area contributed by atoms with Crippen LogP contribution in [0, 0.1) is 13.8 Å². The van der Waals surface area contributed by atoms with Gasteiger partial charge in [-0.2, -0.15) is 0 Å². The molecule has 4 aliphatic heterocycles. The maximum absolute atomic E-state index is 13.6. The molecule has 0 aromatic heterocycles. The normalized spacial score (nSPS) is 14.0. The quantitative estimate of drug-likeness (QED) is 0.0939. The predicted molar refractivity (Wildman–Crippen MR) is 356 cm³/mol. The molecule has 0 unspecified atom stereocenters. The molecular weight excluding hydrogens is 1180 g/mol. The number of imide groups is 4. The first-order valence-electron chi connectivity index (χ1n) is 30.2. The van der Waals surface area contributed by atoms with E-state index >= 15 is 0 Å². The summed E-state index contributed by atoms with van der Waals surface area (Å²) in [5.41, 5.74) is 9.16. The number of hydrogen-bond acceptors (Lipinski definition) is 12. The molecule has 0 saturated carbocycles. The van der Waals surface area contributed by atoms with Gasteiger partial charge in [0.15, 0.2) is 0 Å². The number of carbonyl (C=O) groups excluding carboxylic acids is 8. The number of fused-ring (bicyclic) bond motifs is 4. The monoisotopic (exact) mass is 1240 g/mol. The summed E-state index contributed by atoms with van der Waals surface area (Å²) in [7, 11) is 3.29. The van der Waals surface area contributed by atoms with Gasteiger partial charge < -0.3 is 18.9 Å². The van der Waals surface area contributed by atoms with Crippen LogP contribution in [-0.4, -0.2) is 61.5 Å². The van der Waals surface area contributed by atoms with E-state index in [1.54, 1.807) is 129 Å². The Morgan fingerprint density at radius 3 is 0.819 bits per heavy atom. The number of benzene rings is 10. The third-order valence-corrected chi connectivity index (χ3v) is 17.8. The molecule has 10 aromatic carbocycles. The molecule has 4 heterocycles. The summed E-state index contributed by atoms with van der Waals surface area (Å²) in [5, 5.41) is 0. The van der Waals surface area contributed by atoms with Crippen molar-refractivity contribution < 1.29 is 57.3 Å². The number of amides is 8. The average molecular weight is 1250 g/mol. The molecule has 16 heteroatoms. The van der Waals surface area contributed by atoms with Crippen molar-refractivity contribution in [3.63, 3.8) is 0 Å². The lowest BCUT2D eigenvalue weighted by atomic mass is 9.78. The first-order valence-corrected chi connectivity index (χ1v) is 30.2. The molecule has 8 amide bonds. The Morgan fingerprint density at radius 1 is 0.255 bits per heavy atom. The van der Waals surface area contributed by atoms with Gasteiger partial charge in [0.05, 0.1) is 81.5 Å². The zero-order valence-corrected chi connectivity index (χ0v) is 52.5. The van der Waals surface area contributed by atoms with Gasteiger partial charge >= 0.3 is 0 Å². The number of aryl methyl sites for hydroxylation is 2. The van der Waals surface area contributed by atoms with Gasteiger partial charge in [0.1, 0.15) is 34.5 Å². The van der Waals surface area contributed by atoms with Crippen LogP contribution in [-0.2, 0) is 10.8 Å². The van der Waals surface area contributed by atoms with E-state index in [1.165, 1.54) is 6.07 Å². The van der Waals surface area contributed by atoms with Crippen molar-refractivity contribution in [3.8, 4) is 34.5 Å². The molecule has 0 saturated heterocycles. The Kier molecular flexibility index (Phi) is 15.3. The van der Waals surface area contributed by atoms with E-state index in [1.807, 2.05) is 86.6 Å². The Bertz CT molecular complexity index is 4820. The van der Waals surface area contributed by atoms with Crippen LogP contribution in [0.25, 0.3) is 0 Å². The molecule has 0 spiro atoms. The number of methoxy groups -OCH3 is 2. The summed E-state index contributed by atoms with van der Waals surface area (Å²) < 4.78 is 22.8. The van der Waals surface area contributed by atoms with Crippen molar-refractivity contribution in [1.82, 2.24) is 0 Å². The zero-order chi connectivity index (χ0) is 66.1. The Morgan fingerprint density at radius 2 is 0.511 bits per heavy atom. The van der Waals surface area contributed by atoms with Crippen molar-refractivity contribution in [2.75, 3.05) is 33.8 Å². The second-order valence-electron chi connectivity index (χ2n) is 24.3. The lowest BCUT2D eigenvalue weighted by Gasteiger charge is -2.26.